The van der Waals surface area contributed by atoms with Crippen molar-refractivity contribution in [2.75, 3.05) is 5.32 Å². The Hall–Kier alpha value is -3.28. The van der Waals surface area contributed by atoms with Gasteiger partial charge in [-0.1, -0.05) is 35.9 Å². The van der Waals surface area contributed by atoms with Crippen LogP contribution in [-0.4, -0.2) is 15.9 Å². The SMILES string of the molecule is Cc1ccc(Nc2nc(C)cc(C(=O)NCc3ccccc3F)n2)c(C)c1. The van der Waals surface area contributed by atoms with Crippen molar-refractivity contribution >= 4 is 17.5 Å². The molecule has 0 radical (unpaired) electrons. The first-order chi connectivity index (χ1) is 12.9. The molecule has 0 saturated heterocycles. The molecule has 0 aliphatic rings. The fourth-order valence-corrected chi connectivity index (χ4v) is 2.72. The summed E-state index contributed by atoms with van der Waals surface area (Å²) in [6.07, 6.45) is 0. The van der Waals surface area contributed by atoms with Crippen LogP contribution in [0.5, 0.6) is 0 Å². The van der Waals surface area contributed by atoms with Crippen molar-refractivity contribution in [3.05, 3.63) is 82.4 Å². The Morgan fingerprint density at radius 3 is 2.56 bits per heavy atom. The third-order valence-corrected chi connectivity index (χ3v) is 4.11. The lowest BCUT2D eigenvalue weighted by Gasteiger charge is -2.11. The number of nitrogens with one attached hydrogen (secondary N) is 2. The summed E-state index contributed by atoms with van der Waals surface area (Å²) < 4.78 is 13.7. The lowest BCUT2D eigenvalue weighted by atomic mass is 10.1. The zero-order valence-corrected chi connectivity index (χ0v) is 15.5. The van der Waals surface area contributed by atoms with Crippen molar-refractivity contribution in [1.82, 2.24) is 15.3 Å². The van der Waals surface area contributed by atoms with E-state index in [9.17, 15) is 9.18 Å². The van der Waals surface area contributed by atoms with Gasteiger partial charge in [-0.25, -0.2) is 14.4 Å². The zero-order chi connectivity index (χ0) is 19.4. The second-order valence-electron chi connectivity index (χ2n) is 6.44. The van der Waals surface area contributed by atoms with E-state index in [1.807, 2.05) is 26.0 Å². The number of anilines is 2. The number of rotatable bonds is 5. The molecule has 0 spiro atoms. The summed E-state index contributed by atoms with van der Waals surface area (Å²) >= 11 is 0. The van der Waals surface area contributed by atoms with E-state index < -0.39 is 0 Å². The van der Waals surface area contributed by atoms with E-state index in [-0.39, 0.29) is 24.0 Å². The molecular formula is C21H21FN4O. The molecule has 138 valence electrons. The Morgan fingerprint density at radius 1 is 1.04 bits per heavy atom. The molecule has 0 unspecified atom stereocenters. The molecule has 0 aliphatic heterocycles. The number of carbonyl (C=O) groups excluding carboxylic acids is 1. The smallest absolute Gasteiger partial charge is 0.270 e. The number of hydrogen-bond acceptors (Lipinski definition) is 4. The molecule has 2 aromatic carbocycles. The number of nitrogens with zero attached hydrogens (tertiary/aromatic N) is 2. The Labute approximate surface area is 157 Å². The molecule has 1 aromatic heterocycles. The van der Waals surface area contributed by atoms with Crippen molar-refractivity contribution in [1.29, 1.82) is 0 Å². The molecule has 0 bridgehead atoms. The quantitative estimate of drug-likeness (QED) is 0.711. The van der Waals surface area contributed by atoms with E-state index in [2.05, 4.69) is 26.7 Å². The molecule has 6 heteroatoms. The third kappa shape index (κ3) is 4.67. The summed E-state index contributed by atoms with van der Waals surface area (Å²) in [6.45, 7) is 5.90. The van der Waals surface area contributed by atoms with Crippen LogP contribution in [0.25, 0.3) is 0 Å². The average Bonchev–Trinajstić information content (AvgIpc) is 2.63. The molecule has 0 fully saturated rings. The van der Waals surface area contributed by atoms with Gasteiger partial charge in [0.15, 0.2) is 0 Å². The standard InChI is InChI=1S/C21H21FN4O/c1-13-8-9-18(14(2)10-13)25-21-24-15(3)11-19(26-21)20(27)23-12-16-6-4-5-7-17(16)22/h4-11H,12H2,1-3H3,(H,23,27)(H,24,25,26). The van der Waals surface area contributed by atoms with Gasteiger partial charge in [-0.3, -0.25) is 4.79 Å². The van der Waals surface area contributed by atoms with Crippen molar-refractivity contribution in [3.8, 4) is 0 Å². The summed E-state index contributed by atoms with van der Waals surface area (Å²) in [6, 6.07) is 13.9. The van der Waals surface area contributed by atoms with Crippen LogP contribution >= 0.6 is 0 Å². The van der Waals surface area contributed by atoms with Crippen molar-refractivity contribution < 1.29 is 9.18 Å². The number of aryl methyl sites for hydroxylation is 3. The molecule has 0 saturated carbocycles. The third-order valence-electron chi connectivity index (χ3n) is 4.11. The molecule has 27 heavy (non-hydrogen) atoms. The normalized spacial score (nSPS) is 10.5. The summed E-state index contributed by atoms with van der Waals surface area (Å²) in [5, 5.41) is 5.85. The van der Waals surface area contributed by atoms with Gasteiger partial charge in [0, 0.05) is 23.5 Å². The highest BCUT2D eigenvalue weighted by atomic mass is 19.1. The molecule has 1 amide bonds. The molecular weight excluding hydrogens is 343 g/mol. The molecule has 2 N–H and O–H groups in total. The van der Waals surface area contributed by atoms with E-state index in [0.717, 1.165) is 16.8 Å². The van der Waals surface area contributed by atoms with Gasteiger partial charge < -0.3 is 10.6 Å². The first kappa shape index (κ1) is 18.5. The largest absolute Gasteiger partial charge is 0.347 e. The lowest BCUT2D eigenvalue weighted by molar-refractivity contribution is 0.0945. The maximum absolute atomic E-state index is 13.7. The highest BCUT2D eigenvalue weighted by molar-refractivity contribution is 5.92. The summed E-state index contributed by atoms with van der Waals surface area (Å²) in [5.74, 6) is -0.390. The van der Waals surface area contributed by atoms with Gasteiger partial charge in [0.05, 0.1) is 0 Å². The fraction of sp³-hybridized carbons (Fsp3) is 0.190. The first-order valence-electron chi connectivity index (χ1n) is 8.64. The van der Waals surface area contributed by atoms with Gasteiger partial charge in [-0.05, 0) is 44.5 Å². The number of benzene rings is 2. The number of halogens is 1. The second kappa shape index (κ2) is 7.95. The van der Waals surface area contributed by atoms with Crippen LogP contribution in [-0.2, 0) is 6.54 Å². The molecule has 5 nitrogen and oxygen atoms in total. The van der Waals surface area contributed by atoms with Gasteiger partial charge in [-0.15, -0.1) is 0 Å². The lowest BCUT2D eigenvalue weighted by Crippen LogP contribution is -2.25. The molecule has 0 atom stereocenters. The number of aromatic nitrogens is 2. The van der Waals surface area contributed by atoms with Gasteiger partial charge in [0.25, 0.3) is 5.91 Å². The minimum absolute atomic E-state index is 0.0917. The highest BCUT2D eigenvalue weighted by Crippen LogP contribution is 2.20. The van der Waals surface area contributed by atoms with Crippen molar-refractivity contribution in [3.63, 3.8) is 0 Å². The highest BCUT2D eigenvalue weighted by Gasteiger charge is 2.12. The van der Waals surface area contributed by atoms with E-state index in [1.165, 1.54) is 6.07 Å². The minimum atomic E-state index is -0.382. The van der Waals surface area contributed by atoms with Gasteiger partial charge in [0.2, 0.25) is 5.95 Å². The average molecular weight is 364 g/mol. The summed E-state index contributed by atoms with van der Waals surface area (Å²) in [4.78, 5) is 21.1. The van der Waals surface area contributed by atoms with Crippen LogP contribution in [0.3, 0.4) is 0 Å². The number of hydrogen-bond donors (Lipinski definition) is 2. The van der Waals surface area contributed by atoms with Gasteiger partial charge >= 0.3 is 0 Å². The van der Waals surface area contributed by atoms with E-state index >= 15 is 0 Å². The number of carbonyl (C=O) groups is 1. The van der Waals surface area contributed by atoms with Gasteiger partial charge in [-0.2, -0.15) is 0 Å². The fourth-order valence-electron chi connectivity index (χ4n) is 2.72. The predicted octanol–water partition coefficient (Wildman–Crippen LogP) is 4.21. The summed E-state index contributed by atoms with van der Waals surface area (Å²) in [7, 11) is 0. The summed E-state index contributed by atoms with van der Waals surface area (Å²) in [5.41, 5.74) is 4.41. The molecule has 0 aliphatic carbocycles. The molecule has 3 aromatic rings. The maximum Gasteiger partial charge on any atom is 0.270 e. The monoisotopic (exact) mass is 364 g/mol. The van der Waals surface area contributed by atoms with E-state index in [1.54, 1.807) is 31.2 Å². The van der Waals surface area contributed by atoms with Crippen molar-refractivity contribution in [2.24, 2.45) is 0 Å². The Kier molecular flexibility index (Phi) is 5.45. The Morgan fingerprint density at radius 2 is 1.81 bits per heavy atom. The van der Waals surface area contributed by atoms with Crippen LogP contribution in [0.1, 0.15) is 32.9 Å². The predicted molar refractivity (Wildman–Crippen MR) is 104 cm³/mol. The Bertz CT molecular complexity index is 988. The van der Waals surface area contributed by atoms with E-state index in [0.29, 0.717) is 17.2 Å². The minimum Gasteiger partial charge on any atom is -0.347 e. The molecule has 3 rings (SSSR count). The van der Waals surface area contributed by atoms with Crippen LogP contribution in [0.2, 0.25) is 0 Å². The second-order valence-corrected chi connectivity index (χ2v) is 6.44. The van der Waals surface area contributed by atoms with Crippen LogP contribution in [0.15, 0.2) is 48.5 Å². The van der Waals surface area contributed by atoms with E-state index in [4.69, 9.17) is 0 Å². The molecule has 1 heterocycles. The number of amides is 1. The topological polar surface area (TPSA) is 66.9 Å². The maximum atomic E-state index is 13.7. The van der Waals surface area contributed by atoms with Crippen LogP contribution in [0, 0.1) is 26.6 Å². The first-order valence-corrected chi connectivity index (χ1v) is 8.64. The van der Waals surface area contributed by atoms with Gasteiger partial charge in [0.1, 0.15) is 11.5 Å². The zero-order valence-electron chi connectivity index (χ0n) is 15.5. The van der Waals surface area contributed by atoms with Crippen LogP contribution < -0.4 is 10.6 Å². The van der Waals surface area contributed by atoms with Crippen LogP contribution in [0.4, 0.5) is 16.0 Å². The Balaban J connectivity index is 1.76. The van der Waals surface area contributed by atoms with Crippen molar-refractivity contribution in [2.45, 2.75) is 27.3 Å².